The Hall–Kier alpha value is -3.34. The Balaban J connectivity index is 2.23. The molecule has 0 unspecified atom stereocenters. The van der Waals surface area contributed by atoms with E-state index in [1.54, 1.807) is 36.4 Å². The zero-order valence-electron chi connectivity index (χ0n) is 12.5. The number of pyridine rings is 1. The second-order valence-corrected chi connectivity index (χ2v) is 5.50. The van der Waals surface area contributed by atoms with E-state index in [1.807, 2.05) is 18.2 Å². The van der Waals surface area contributed by atoms with Crippen molar-refractivity contribution in [3.05, 3.63) is 70.7 Å². The van der Waals surface area contributed by atoms with Gasteiger partial charge in [-0.2, -0.15) is 10.5 Å². The predicted molar refractivity (Wildman–Crippen MR) is 94.0 cm³/mol. The third-order valence-electron chi connectivity index (χ3n) is 3.63. The Morgan fingerprint density at radius 2 is 1.62 bits per heavy atom. The number of aromatic nitrogens is 1. The molecule has 3 rings (SSSR count). The Bertz CT molecular complexity index is 995. The summed E-state index contributed by atoms with van der Waals surface area (Å²) in [7, 11) is 0. The molecule has 2 N–H and O–H groups in total. The molecule has 5 heteroatoms. The van der Waals surface area contributed by atoms with Crippen LogP contribution in [0.25, 0.3) is 22.4 Å². The molecule has 0 aliphatic heterocycles. The van der Waals surface area contributed by atoms with Gasteiger partial charge in [0.1, 0.15) is 17.5 Å². The summed E-state index contributed by atoms with van der Waals surface area (Å²) in [5.74, 6) is 0.147. The molecule has 0 aliphatic rings. The summed E-state index contributed by atoms with van der Waals surface area (Å²) in [6.45, 7) is 0. The van der Waals surface area contributed by atoms with Crippen LogP contribution < -0.4 is 5.73 Å². The minimum atomic E-state index is 0.147. The van der Waals surface area contributed by atoms with E-state index < -0.39 is 0 Å². The molecule has 0 amide bonds. The normalized spacial score (nSPS) is 9.96. The number of nitrogens with two attached hydrogens (primary N) is 1. The maximum absolute atomic E-state index is 9.43. The first-order valence-electron chi connectivity index (χ1n) is 7.10. The van der Waals surface area contributed by atoms with Gasteiger partial charge in [0, 0.05) is 16.1 Å². The summed E-state index contributed by atoms with van der Waals surface area (Å²) in [4.78, 5) is 4.31. The average molecular weight is 331 g/mol. The topological polar surface area (TPSA) is 86.5 Å². The van der Waals surface area contributed by atoms with E-state index in [1.165, 1.54) is 0 Å². The molecule has 0 fully saturated rings. The van der Waals surface area contributed by atoms with Crippen LogP contribution in [0.1, 0.15) is 11.1 Å². The summed E-state index contributed by atoms with van der Waals surface area (Å²) in [6, 6.07) is 20.2. The molecule has 0 bridgehead atoms. The molecule has 0 spiro atoms. The lowest BCUT2D eigenvalue weighted by Gasteiger charge is -2.11. The van der Waals surface area contributed by atoms with E-state index in [0.29, 0.717) is 27.4 Å². The Morgan fingerprint density at radius 3 is 2.25 bits per heavy atom. The van der Waals surface area contributed by atoms with Crippen molar-refractivity contribution in [2.45, 2.75) is 0 Å². The van der Waals surface area contributed by atoms with Gasteiger partial charge in [0.25, 0.3) is 0 Å². The lowest BCUT2D eigenvalue weighted by Crippen LogP contribution is -2.00. The molecule has 4 nitrogen and oxygen atoms in total. The Labute approximate surface area is 144 Å². The number of anilines is 1. The number of halogens is 1. The third-order valence-corrected chi connectivity index (χ3v) is 3.96. The van der Waals surface area contributed by atoms with Gasteiger partial charge in [0.05, 0.1) is 17.3 Å². The van der Waals surface area contributed by atoms with E-state index in [4.69, 9.17) is 22.6 Å². The molecule has 0 saturated heterocycles. The van der Waals surface area contributed by atoms with Gasteiger partial charge in [-0.1, -0.05) is 41.9 Å². The lowest BCUT2D eigenvalue weighted by atomic mass is 9.97. The number of hydrogen-bond donors (Lipinski definition) is 1. The van der Waals surface area contributed by atoms with E-state index in [2.05, 4.69) is 17.1 Å². The van der Waals surface area contributed by atoms with Crippen molar-refractivity contribution in [1.29, 1.82) is 10.5 Å². The fraction of sp³-hybridized carbons (Fsp3) is 0. The van der Waals surface area contributed by atoms with Gasteiger partial charge in [0.2, 0.25) is 0 Å². The summed E-state index contributed by atoms with van der Waals surface area (Å²) >= 11 is 6.24. The van der Waals surface area contributed by atoms with Crippen LogP contribution >= 0.6 is 11.6 Å². The summed E-state index contributed by atoms with van der Waals surface area (Å²) in [5, 5.41) is 18.9. The number of nitrogen functional groups attached to an aromatic ring is 1. The highest BCUT2D eigenvalue weighted by Crippen LogP contribution is 2.33. The summed E-state index contributed by atoms with van der Waals surface area (Å²) in [5.41, 5.74) is 9.61. The SMILES string of the molecule is N#Cc1ccc(-c2cc(-c3ccccc3Cl)nc(N)c2C#N)cc1. The van der Waals surface area contributed by atoms with Crippen molar-refractivity contribution >= 4 is 17.4 Å². The van der Waals surface area contributed by atoms with Gasteiger partial charge in [0.15, 0.2) is 0 Å². The van der Waals surface area contributed by atoms with Crippen LogP contribution in [0.2, 0.25) is 5.02 Å². The van der Waals surface area contributed by atoms with Crippen LogP contribution in [0.4, 0.5) is 5.82 Å². The van der Waals surface area contributed by atoms with Crippen LogP contribution in [0.3, 0.4) is 0 Å². The minimum absolute atomic E-state index is 0.147. The van der Waals surface area contributed by atoms with Crippen LogP contribution in [-0.2, 0) is 0 Å². The van der Waals surface area contributed by atoms with Crippen LogP contribution in [0.15, 0.2) is 54.6 Å². The number of nitriles is 2. The van der Waals surface area contributed by atoms with Gasteiger partial charge in [-0.25, -0.2) is 4.98 Å². The monoisotopic (exact) mass is 330 g/mol. The lowest BCUT2D eigenvalue weighted by molar-refractivity contribution is 1.31. The summed E-state index contributed by atoms with van der Waals surface area (Å²) < 4.78 is 0. The van der Waals surface area contributed by atoms with E-state index in [0.717, 1.165) is 11.1 Å². The van der Waals surface area contributed by atoms with E-state index >= 15 is 0 Å². The number of hydrogen-bond acceptors (Lipinski definition) is 4. The Morgan fingerprint density at radius 1 is 0.917 bits per heavy atom. The summed E-state index contributed by atoms with van der Waals surface area (Å²) in [6.07, 6.45) is 0. The van der Waals surface area contributed by atoms with Crippen molar-refractivity contribution in [2.24, 2.45) is 0 Å². The molecule has 0 atom stereocenters. The van der Waals surface area contributed by atoms with Crippen molar-refractivity contribution in [1.82, 2.24) is 4.98 Å². The molecule has 1 aromatic heterocycles. The first-order valence-corrected chi connectivity index (χ1v) is 7.48. The highest BCUT2D eigenvalue weighted by molar-refractivity contribution is 6.33. The maximum Gasteiger partial charge on any atom is 0.142 e. The van der Waals surface area contributed by atoms with Crippen LogP contribution in [-0.4, -0.2) is 4.98 Å². The molecule has 0 radical (unpaired) electrons. The fourth-order valence-corrected chi connectivity index (χ4v) is 2.67. The molecule has 3 aromatic rings. The van der Waals surface area contributed by atoms with Gasteiger partial charge in [-0.15, -0.1) is 0 Å². The molecule has 1 heterocycles. The molecular weight excluding hydrogens is 320 g/mol. The van der Waals surface area contributed by atoms with Crippen molar-refractivity contribution in [3.63, 3.8) is 0 Å². The van der Waals surface area contributed by atoms with E-state index in [9.17, 15) is 5.26 Å². The smallest absolute Gasteiger partial charge is 0.142 e. The van der Waals surface area contributed by atoms with Crippen molar-refractivity contribution in [3.8, 4) is 34.5 Å². The standard InChI is InChI=1S/C19H11ClN4/c20-17-4-2-1-3-14(17)18-9-15(16(11-22)19(23)24-18)13-7-5-12(10-21)6-8-13/h1-9H,(H2,23,24). The van der Waals surface area contributed by atoms with E-state index in [-0.39, 0.29) is 5.82 Å². The molecule has 114 valence electrons. The quantitative estimate of drug-likeness (QED) is 0.754. The predicted octanol–water partition coefficient (Wildman–Crippen LogP) is 4.39. The van der Waals surface area contributed by atoms with Gasteiger partial charge in [-0.3, -0.25) is 0 Å². The zero-order chi connectivity index (χ0) is 17.1. The Kier molecular flexibility index (Phi) is 4.16. The highest BCUT2D eigenvalue weighted by atomic mass is 35.5. The molecule has 2 aromatic carbocycles. The number of rotatable bonds is 2. The van der Waals surface area contributed by atoms with Gasteiger partial charge >= 0.3 is 0 Å². The van der Waals surface area contributed by atoms with Crippen LogP contribution in [0, 0.1) is 22.7 Å². The van der Waals surface area contributed by atoms with Crippen molar-refractivity contribution in [2.75, 3.05) is 5.73 Å². The second kappa shape index (κ2) is 6.42. The molecule has 0 aliphatic carbocycles. The maximum atomic E-state index is 9.43. The first kappa shape index (κ1) is 15.6. The number of benzene rings is 2. The molecule has 24 heavy (non-hydrogen) atoms. The highest BCUT2D eigenvalue weighted by Gasteiger charge is 2.14. The van der Waals surface area contributed by atoms with Crippen LogP contribution in [0.5, 0.6) is 0 Å². The number of nitrogens with zero attached hydrogens (tertiary/aromatic N) is 3. The second-order valence-electron chi connectivity index (χ2n) is 5.10. The first-order chi connectivity index (χ1) is 11.6. The molecular formula is C19H11ClN4. The average Bonchev–Trinajstić information content (AvgIpc) is 2.61. The third kappa shape index (κ3) is 2.79. The van der Waals surface area contributed by atoms with Gasteiger partial charge in [-0.05, 0) is 29.8 Å². The molecule has 0 saturated carbocycles. The zero-order valence-corrected chi connectivity index (χ0v) is 13.2. The minimum Gasteiger partial charge on any atom is -0.383 e. The fourth-order valence-electron chi connectivity index (χ4n) is 2.44. The largest absolute Gasteiger partial charge is 0.383 e. The van der Waals surface area contributed by atoms with Crippen molar-refractivity contribution < 1.29 is 0 Å². The van der Waals surface area contributed by atoms with Gasteiger partial charge < -0.3 is 5.73 Å².